The van der Waals surface area contributed by atoms with Gasteiger partial charge < -0.3 is 36.3 Å². The Morgan fingerprint density at radius 2 is 1.98 bits per heavy atom. The Balaban J connectivity index is 1.34. The third-order valence-electron chi connectivity index (χ3n) is 7.04. The zero-order valence-corrected chi connectivity index (χ0v) is 25.6. The Kier molecular flexibility index (Phi) is 8.19. The van der Waals surface area contributed by atoms with Crippen LogP contribution in [0.1, 0.15) is 19.5 Å². The van der Waals surface area contributed by atoms with Crippen molar-refractivity contribution in [2.24, 2.45) is 12.2 Å². The number of rotatable bonds is 10. The first-order chi connectivity index (χ1) is 21.2. The van der Waals surface area contributed by atoms with Gasteiger partial charge in [0.25, 0.3) is 11.8 Å². The molecule has 0 spiro atoms. The van der Waals surface area contributed by atoms with Crippen molar-refractivity contribution in [1.82, 2.24) is 19.8 Å². The fraction of sp³-hybridized carbons (Fsp3) is 0.296. The molecule has 45 heavy (non-hydrogen) atoms. The van der Waals surface area contributed by atoms with Crippen molar-refractivity contribution in [3.05, 3.63) is 53.0 Å². The van der Waals surface area contributed by atoms with Crippen molar-refractivity contribution < 1.29 is 49.0 Å². The number of aliphatic carboxylic acids is 2. The number of oxime groups is 1. The minimum atomic E-state index is -1.78. The molecular formula is C27H28N7O9S2+. The lowest BCUT2D eigenvalue weighted by molar-refractivity contribution is -0.645. The number of nitrogens with one attached hydrogen (secondary N) is 1. The van der Waals surface area contributed by atoms with E-state index in [1.807, 2.05) is 0 Å². The van der Waals surface area contributed by atoms with E-state index in [2.05, 4.69) is 15.5 Å². The molecule has 3 aromatic rings. The number of carboxylic acid groups (broad SMARTS) is 2. The lowest BCUT2D eigenvalue weighted by Crippen LogP contribution is -2.71. The van der Waals surface area contributed by atoms with Gasteiger partial charge in [-0.25, -0.2) is 23.7 Å². The number of thioether (sulfide) groups is 1. The maximum atomic E-state index is 13.3. The molecule has 16 nitrogen and oxygen atoms in total. The molecule has 1 saturated heterocycles. The quantitative estimate of drug-likeness (QED) is 0.0575. The van der Waals surface area contributed by atoms with E-state index in [-0.39, 0.29) is 33.8 Å². The molecule has 2 amide bonds. The van der Waals surface area contributed by atoms with E-state index in [4.69, 9.17) is 10.6 Å². The van der Waals surface area contributed by atoms with Crippen LogP contribution in [0.2, 0.25) is 0 Å². The third-order valence-corrected chi connectivity index (χ3v) is 9.02. The first-order valence-electron chi connectivity index (χ1n) is 13.2. The normalized spacial score (nSPS) is 18.7. The molecule has 0 unspecified atom stereocenters. The van der Waals surface area contributed by atoms with Gasteiger partial charge in [0.2, 0.25) is 11.9 Å². The monoisotopic (exact) mass is 658 g/mol. The number of amides is 2. The van der Waals surface area contributed by atoms with Gasteiger partial charge in [0.05, 0.1) is 7.05 Å². The molecular weight excluding hydrogens is 630 g/mol. The fourth-order valence-electron chi connectivity index (χ4n) is 4.64. The Labute approximate surface area is 262 Å². The SMILES string of the molecule is C[n+]1cn(C/C=C/C2=C(C(=O)O)N3C(=O)[C@@H](NC(=O)/C(=N\OC(C)(C)C(=O)O)c4csc(N)n4)[C@H]3SC2)c2cc(O)c(O)cc21. The number of aryl methyl sites for hydroxylation is 1. The number of nitrogens with two attached hydrogens (primary N) is 1. The molecule has 2 aliphatic heterocycles. The zero-order valence-electron chi connectivity index (χ0n) is 24.0. The molecule has 2 atom stereocenters. The lowest BCUT2D eigenvalue weighted by atomic mass is 10.0. The van der Waals surface area contributed by atoms with E-state index in [1.54, 1.807) is 34.7 Å². The number of benzene rings is 1. The van der Waals surface area contributed by atoms with Crippen LogP contribution in [0.3, 0.4) is 0 Å². The van der Waals surface area contributed by atoms with E-state index in [1.165, 1.54) is 43.1 Å². The summed E-state index contributed by atoms with van der Waals surface area (Å²) in [6.07, 6.45) is 5.08. The summed E-state index contributed by atoms with van der Waals surface area (Å²) in [5.41, 5.74) is 4.98. The van der Waals surface area contributed by atoms with Crippen LogP contribution < -0.4 is 15.6 Å². The van der Waals surface area contributed by atoms with Gasteiger partial charge in [-0.05, 0) is 25.5 Å². The van der Waals surface area contributed by atoms with Crippen molar-refractivity contribution in [1.29, 1.82) is 0 Å². The zero-order chi connectivity index (χ0) is 32.8. The highest BCUT2D eigenvalue weighted by molar-refractivity contribution is 8.00. The van der Waals surface area contributed by atoms with E-state index in [9.17, 15) is 39.6 Å². The van der Waals surface area contributed by atoms with Gasteiger partial charge in [0.15, 0.2) is 33.4 Å². The second-order valence-electron chi connectivity index (χ2n) is 10.6. The number of aromatic hydroxyl groups is 2. The lowest BCUT2D eigenvalue weighted by Gasteiger charge is -2.49. The topological polar surface area (TPSA) is 234 Å². The number of fused-ring (bicyclic) bond motifs is 2. The van der Waals surface area contributed by atoms with Gasteiger partial charge in [-0.15, -0.1) is 23.1 Å². The number of nitrogen functional groups attached to an aromatic ring is 1. The number of carboxylic acids is 2. The number of aromatic nitrogens is 3. The van der Waals surface area contributed by atoms with Crippen LogP contribution in [0.4, 0.5) is 5.13 Å². The summed E-state index contributed by atoms with van der Waals surface area (Å²) < 4.78 is 3.55. The summed E-state index contributed by atoms with van der Waals surface area (Å²) in [5, 5.41) is 46.2. The number of carbonyl (C=O) groups excluding carboxylic acids is 2. The van der Waals surface area contributed by atoms with Gasteiger partial charge in [0.1, 0.15) is 29.4 Å². The number of anilines is 1. The molecule has 5 rings (SSSR count). The molecule has 236 valence electrons. The second kappa shape index (κ2) is 11.8. The van der Waals surface area contributed by atoms with E-state index >= 15 is 0 Å². The molecule has 2 aromatic heterocycles. The van der Waals surface area contributed by atoms with E-state index < -0.39 is 46.5 Å². The summed E-state index contributed by atoms with van der Waals surface area (Å²) in [5.74, 6) is -4.52. The maximum Gasteiger partial charge on any atom is 0.352 e. The van der Waals surface area contributed by atoms with Crippen LogP contribution in [0, 0.1) is 0 Å². The minimum absolute atomic E-state index is 0.00531. The molecule has 0 aliphatic carbocycles. The highest BCUT2D eigenvalue weighted by Gasteiger charge is 2.54. The predicted octanol–water partition coefficient (Wildman–Crippen LogP) is 0.495. The average Bonchev–Trinajstić information content (AvgIpc) is 3.53. The summed E-state index contributed by atoms with van der Waals surface area (Å²) in [4.78, 5) is 60.4. The molecule has 0 bridgehead atoms. The van der Waals surface area contributed by atoms with Crippen molar-refractivity contribution in [3.63, 3.8) is 0 Å². The molecule has 0 radical (unpaired) electrons. The van der Waals surface area contributed by atoms with Gasteiger partial charge in [-0.2, -0.15) is 0 Å². The first kappa shape index (κ1) is 31.3. The Hall–Kier alpha value is -5.10. The number of phenolic OH excluding ortho intramolecular Hbond substituents is 2. The summed E-state index contributed by atoms with van der Waals surface area (Å²) in [6.45, 7) is 2.76. The van der Waals surface area contributed by atoms with Gasteiger partial charge in [-0.1, -0.05) is 11.2 Å². The third kappa shape index (κ3) is 5.88. The van der Waals surface area contributed by atoms with Crippen molar-refractivity contribution in [2.75, 3.05) is 11.5 Å². The van der Waals surface area contributed by atoms with Gasteiger partial charge in [0, 0.05) is 23.3 Å². The number of β-lactam (4-membered cyclic amide) rings is 1. The molecule has 1 fully saturated rings. The second-order valence-corrected chi connectivity index (χ2v) is 12.6. The molecule has 7 N–H and O–H groups in total. The predicted molar refractivity (Wildman–Crippen MR) is 161 cm³/mol. The van der Waals surface area contributed by atoms with Crippen LogP contribution in [-0.2, 0) is 37.6 Å². The molecule has 0 saturated carbocycles. The van der Waals surface area contributed by atoms with Crippen LogP contribution in [0.15, 0.2) is 52.4 Å². The fourth-order valence-corrected chi connectivity index (χ4v) is 6.50. The van der Waals surface area contributed by atoms with Crippen LogP contribution >= 0.6 is 23.1 Å². The molecule has 18 heteroatoms. The summed E-state index contributed by atoms with van der Waals surface area (Å²) >= 11 is 2.26. The number of nitrogens with zero attached hydrogens (tertiary/aromatic N) is 5. The minimum Gasteiger partial charge on any atom is -0.504 e. The number of hydrogen-bond acceptors (Lipinski definition) is 12. The highest BCUT2D eigenvalue weighted by atomic mass is 32.2. The smallest absolute Gasteiger partial charge is 0.352 e. The number of thiazole rings is 1. The first-order valence-corrected chi connectivity index (χ1v) is 15.1. The van der Waals surface area contributed by atoms with Crippen molar-refractivity contribution >= 4 is 68.7 Å². The van der Waals surface area contributed by atoms with Gasteiger partial charge >= 0.3 is 11.9 Å². The maximum absolute atomic E-state index is 13.3. The average molecular weight is 659 g/mol. The molecule has 2 aliphatic rings. The van der Waals surface area contributed by atoms with E-state index in [0.29, 0.717) is 23.2 Å². The van der Waals surface area contributed by atoms with Crippen LogP contribution in [0.5, 0.6) is 11.5 Å². The van der Waals surface area contributed by atoms with Crippen LogP contribution in [-0.4, -0.2) is 87.1 Å². The number of allylic oxidation sites excluding steroid dienone is 2. The van der Waals surface area contributed by atoms with E-state index in [0.717, 1.165) is 16.2 Å². The molecule has 1 aromatic carbocycles. The van der Waals surface area contributed by atoms with Crippen molar-refractivity contribution in [2.45, 2.75) is 37.4 Å². The number of imidazole rings is 1. The number of carbonyl (C=O) groups is 4. The summed E-state index contributed by atoms with van der Waals surface area (Å²) in [6, 6.07) is 1.75. The number of hydrogen-bond donors (Lipinski definition) is 6. The van der Waals surface area contributed by atoms with Crippen molar-refractivity contribution in [3.8, 4) is 11.5 Å². The largest absolute Gasteiger partial charge is 0.504 e. The Morgan fingerprint density at radius 1 is 1.27 bits per heavy atom. The van der Waals surface area contributed by atoms with Crippen LogP contribution in [0.25, 0.3) is 11.0 Å². The highest BCUT2D eigenvalue weighted by Crippen LogP contribution is 2.41. The summed E-state index contributed by atoms with van der Waals surface area (Å²) in [7, 11) is 1.78. The Bertz CT molecular complexity index is 1840. The Morgan fingerprint density at radius 3 is 2.62 bits per heavy atom. The van der Waals surface area contributed by atoms with Gasteiger partial charge in [-0.3, -0.25) is 14.5 Å². The number of phenols is 2. The standard InChI is InChI=1S/C27H27N7O9S2/c1-27(2,25(41)42)43-31-18(13-10-45-26(28)29-13)21(37)30-19-22(38)34-20(24(39)40)12(9-44-23(19)34)5-4-6-33-11-32(3)14-7-16(35)17(36)8-15(14)33/h4-5,7-8,10-11,19,23H,6,9H2,1-3H3,(H6-,28,29,30,31,35,36,37,39,40,41,42)/p+1/b5-4+/t19-,23-/m1/s1. The molecule has 4 heterocycles.